The van der Waals surface area contributed by atoms with Crippen molar-refractivity contribution in [3.05, 3.63) is 31.6 Å². The van der Waals surface area contributed by atoms with Gasteiger partial charge in [0.1, 0.15) is 11.5 Å². The number of rotatable bonds is 4. The van der Waals surface area contributed by atoms with Crippen molar-refractivity contribution in [3.63, 3.8) is 0 Å². The summed E-state index contributed by atoms with van der Waals surface area (Å²) in [7, 11) is 0. The van der Waals surface area contributed by atoms with Crippen LogP contribution in [0.1, 0.15) is 32.6 Å². The van der Waals surface area contributed by atoms with Gasteiger partial charge in [-0.25, -0.2) is 4.39 Å². The van der Waals surface area contributed by atoms with E-state index >= 15 is 0 Å². The minimum atomic E-state index is -0.465. The van der Waals surface area contributed by atoms with E-state index in [9.17, 15) is 14.5 Å². The fraction of sp³-hybridized carbons (Fsp3) is 0.571. The SMILES string of the molecule is CC1CCCC(CNc2cc(F)c(I)cc2[N+](=O)[O-])C1. The molecule has 1 N–H and O–H groups in total. The number of nitro groups is 1. The van der Waals surface area contributed by atoms with Crippen LogP contribution in [0.4, 0.5) is 15.8 Å². The van der Waals surface area contributed by atoms with Crippen molar-refractivity contribution in [2.45, 2.75) is 32.6 Å². The molecule has 0 saturated heterocycles. The van der Waals surface area contributed by atoms with E-state index < -0.39 is 10.7 Å². The molecule has 2 atom stereocenters. The second-order valence-corrected chi connectivity index (χ2v) is 6.72. The summed E-state index contributed by atoms with van der Waals surface area (Å²) >= 11 is 1.77. The number of anilines is 1. The standard InChI is InChI=1S/C14H18FIN2O2/c1-9-3-2-4-10(5-9)8-17-13-6-11(15)12(16)7-14(13)18(19)20/h6-7,9-10,17H,2-5,8H2,1H3. The molecule has 0 spiro atoms. The number of hydrogen-bond donors (Lipinski definition) is 1. The van der Waals surface area contributed by atoms with Crippen LogP contribution in [0.25, 0.3) is 0 Å². The third kappa shape index (κ3) is 3.80. The second kappa shape index (κ2) is 6.69. The molecule has 1 aromatic carbocycles. The van der Waals surface area contributed by atoms with Crippen LogP contribution in [-0.4, -0.2) is 11.5 Å². The van der Waals surface area contributed by atoms with Crippen LogP contribution in [0.2, 0.25) is 0 Å². The molecule has 0 aliphatic heterocycles. The van der Waals surface area contributed by atoms with E-state index in [4.69, 9.17) is 0 Å². The maximum Gasteiger partial charge on any atom is 0.293 e. The zero-order valence-corrected chi connectivity index (χ0v) is 13.5. The monoisotopic (exact) mass is 392 g/mol. The summed E-state index contributed by atoms with van der Waals surface area (Å²) in [6.45, 7) is 2.91. The van der Waals surface area contributed by atoms with Crippen molar-refractivity contribution in [2.24, 2.45) is 11.8 Å². The largest absolute Gasteiger partial charge is 0.379 e. The molecule has 1 aliphatic carbocycles. The first-order chi connectivity index (χ1) is 9.47. The number of halogens is 2. The third-order valence-corrected chi connectivity index (χ3v) is 4.69. The number of benzene rings is 1. The smallest absolute Gasteiger partial charge is 0.293 e. The molecule has 1 aromatic rings. The van der Waals surface area contributed by atoms with Gasteiger partial charge in [0.15, 0.2) is 0 Å². The lowest BCUT2D eigenvalue weighted by Crippen LogP contribution is -2.21. The molecule has 6 heteroatoms. The number of nitrogens with zero attached hydrogens (tertiary/aromatic N) is 1. The Labute approximate surface area is 131 Å². The Morgan fingerprint density at radius 2 is 2.25 bits per heavy atom. The van der Waals surface area contributed by atoms with Gasteiger partial charge in [-0.3, -0.25) is 10.1 Å². The van der Waals surface area contributed by atoms with Crippen LogP contribution in [-0.2, 0) is 0 Å². The molecule has 20 heavy (non-hydrogen) atoms. The van der Waals surface area contributed by atoms with Crippen molar-refractivity contribution < 1.29 is 9.31 Å². The van der Waals surface area contributed by atoms with E-state index in [2.05, 4.69) is 12.2 Å². The summed E-state index contributed by atoms with van der Waals surface area (Å²) in [5.41, 5.74) is 0.228. The van der Waals surface area contributed by atoms with Gasteiger partial charge in [0.2, 0.25) is 0 Å². The molecule has 110 valence electrons. The van der Waals surface area contributed by atoms with Crippen LogP contribution in [0.5, 0.6) is 0 Å². The van der Waals surface area contributed by atoms with Crippen molar-refractivity contribution in [1.82, 2.24) is 0 Å². The number of nitrogens with one attached hydrogen (secondary N) is 1. The van der Waals surface area contributed by atoms with Gasteiger partial charge in [-0.05, 0) is 47.3 Å². The van der Waals surface area contributed by atoms with Crippen molar-refractivity contribution >= 4 is 34.0 Å². The van der Waals surface area contributed by atoms with Crippen molar-refractivity contribution in [2.75, 3.05) is 11.9 Å². The Kier molecular flexibility index (Phi) is 5.17. The summed E-state index contributed by atoms with van der Waals surface area (Å²) in [5.74, 6) is 0.801. The highest BCUT2D eigenvalue weighted by Gasteiger charge is 2.21. The zero-order chi connectivity index (χ0) is 14.7. The van der Waals surface area contributed by atoms with Crippen LogP contribution >= 0.6 is 22.6 Å². The molecule has 1 aliphatic rings. The van der Waals surface area contributed by atoms with E-state index in [1.54, 1.807) is 22.6 Å². The van der Waals surface area contributed by atoms with Gasteiger partial charge in [0.25, 0.3) is 5.69 Å². The van der Waals surface area contributed by atoms with Crippen LogP contribution in [0.15, 0.2) is 12.1 Å². The highest BCUT2D eigenvalue weighted by Crippen LogP contribution is 2.32. The molecule has 0 bridgehead atoms. The molecule has 1 fully saturated rings. The summed E-state index contributed by atoms with van der Waals surface area (Å²) in [5, 5.41) is 14.1. The minimum Gasteiger partial charge on any atom is -0.379 e. The first-order valence-corrected chi connectivity index (χ1v) is 7.92. The molecule has 2 rings (SSSR count). The van der Waals surface area contributed by atoms with E-state index in [1.807, 2.05) is 0 Å². The molecule has 1 saturated carbocycles. The number of hydrogen-bond acceptors (Lipinski definition) is 3. The Hall–Kier alpha value is -0.920. The fourth-order valence-electron chi connectivity index (χ4n) is 2.83. The molecule has 0 heterocycles. The highest BCUT2D eigenvalue weighted by atomic mass is 127. The first-order valence-electron chi connectivity index (χ1n) is 6.84. The summed E-state index contributed by atoms with van der Waals surface area (Å²) in [6.07, 6.45) is 4.73. The zero-order valence-electron chi connectivity index (χ0n) is 11.4. The fourth-order valence-corrected chi connectivity index (χ4v) is 3.28. The Bertz CT molecular complexity index is 510. The lowest BCUT2D eigenvalue weighted by molar-refractivity contribution is -0.384. The van der Waals surface area contributed by atoms with E-state index in [-0.39, 0.29) is 14.9 Å². The van der Waals surface area contributed by atoms with Gasteiger partial charge in [-0.1, -0.05) is 19.8 Å². The normalized spacial score (nSPS) is 22.6. The first kappa shape index (κ1) is 15.5. The Morgan fingerprint density at radius 3 is 2.90 bits per heavy atom. The quantitative estimate of drug-likeness (QED) is 0.464. The molecule has 0 amide bonds. The van der Waals surface area contributed by atoms with Crippen LogP contribution < -0.4 is 5.32 Å². The van der Waals surface area contributed by atoms with Gasteiger partial charge >= 0.3 is 0 Å². The Morgan fingerprint density at radius 1 is 1.50 bits per heavy atom. The van der Waals surface area contributed by atoms with Gasteiger partial charge in [-0.15, -0.1) is 0 Å². The van der Waals surface area contributed by atoms with Gasteiger partial charge in [-0.2, -0.15) is 0 Å². The second-order valence-electron chi connectivity index (χ2n) is 5.56. The maximum atomic E-state index is 13.6. The minimum absolute atomic E-state index is 0.0559. The molecular weight excluding hydrogens is 374 g/mol. The van der Waals surface area contributed by atoms with Crippen molar-refractivity contribution in [3.8, 4) is 0 Å². The lowest BCUT2D eigenvalue weighted by Gasteiger charge is -2.27. The number of nitro benzene ring substituents is 1. The summed E-state index contributed by atoms with van der Waals surface area (Å²) < 4.78 is 13.8. The topological polar surface area (TPSA) is 55.2 Å². The van der Waals surface area contributed by atoms with E-state index in [0.29, 0.717) is 18.4 Å². The third-order valence-electron chi connectivity index (χ3n) is 3.86. The lowest BCUT2D eigenvalue weighted by atomic mass is 9.82. The van der Waals surface area contributed by atoms with E-state index in [1.165, 1.54) is 25.0 Å². The highest BCUT2D eigenvalue weighted by molar-refractivity contribution is 14.1. The molecular formula is C14H18FIN2O2. The molecule has 2 unspecified atom stereocenters. The summed E-state index contributed by atoms with van der Waals surface area (Å²) in [4.78, 5) is 10.6. The van der Waals surface area contributed by atoms with Crippen LogP contribution in [0.3, 0.4) is 0 Å². The average molecular weight is 392 g/mol. The van der Waals surface area contributed by atoms with Gasteiger partial charge in [0, 0.05) is 18.7 Å². The van der Waals surface area contributed by atoms with E-state index in [0.717, 1.165) is 12.8 Å². The molecule has 4 nitrogen and oxygen atoms in total. The van der Waals surface area contributed by atoms with Gasteiger partial charge < -0.3 is 5.32 Å². The van der Waals surface area contributed by atoms with Crippen molar-refractivity contribution in [1.29, 1.82) is 0 Å². The Balaban J connectivity index is 2.08. The maximum absolute atomic E-state index is 13.6. The van der Waals surface area contributed by atoms with Crippen LogP contribution in [0, 0.1) is 31.3 Å². The molecule has 0 radical (unpaired) electrons. The summed E-state index contributed by atoms with van der Waals surface area (Å²) in [6, 6.07) is 2.51. The molecule has 0 aromatic heterocycles. The predicted octanol–water partition coefficient (Wildman–Crippen LogP) is 4.58. The average Bonchev–Trinajstić information content (AvgIpc) is 2.39. The predicted molar refractivity (Wildman–Crippen MR) is 85.4 cm³/mol. The van der Waals surface area contributed by atoms with Gasteiger partial charge in [0.05, 0.1) is 8.49 Å².